The Labute approximate surface area is 155 Å². The number of hydrogen-bond donors (Lipinski definition) is 2. The molecule has 1 heterocycles. The summed E-state index contributed by atoms with van der Waals surface area (Å²) in [5.74, 6) is 0. The average Bonchev–Trinajstić information content (AvgIpc) is 2.97. The number of benzene rings is 2. The van der Waals surface area contributed by atoms with Gasteiger partial charge in [0.1, 0.15) is 0 Å². The van der Waals surface area contributed by atoms with Crippen molar-refractivity contribution in [2.75, 3.05) is 6.54 Å². The molecule has 26 heavy (non-hydrogen) atoms. The van der Waals surface area contributed by atoms with Crippen LogP contribution >= 0.6 is 0 Å². The Bertz CT molecular complexity index is 838. The molecule has 2 N–H and O–H groups in total. The maximum absolute atomic E-state index is 9.12. The highest BCUT2D eigenvalue weighted by molar-refractivity contribution is 5.38. The molecular weight excluding hydrogens is 322 g/mol. The fourth-order valence-electron chi connectivity index (χ4n) is 3.45. The van der Waals surface area contributed by atoms with Crippen LogP contribution in [0.1, 0.15) is 41.0 Å². The van der Waals surface area contributed by atoms with Gasteiger partial charge in [-0.3, -0.25) is 0 Å². The molecule has 3 aromatic rings. The molecule has 1 atom stereocenters. The molecule has 0 aliphatic rings. The standard InChI is InChI=1S/C22H27N3O/c1-16(23-14-13-19-9-11-20(15-26)12-10-19)22-17(2)24-25(18(22)3)21-7-5-4-6-8-21/h4-12,16,23,26H,13-15H2,1-3H3. The first-order valence-corrected chi connectivity index (χ1v) is 9.13. The van der Waals surface area contributed by atoms with E-state index in [1.165, 1.54) is 16.8 Å². The average molecular weight is 349 g/mol. The quantitative estimate of drug-likeness (QED) is 0.681. The Balaban J connectivity index is 1.66. The van der Waals surface area contributed by atoms with Gasteiger partial charge in [0.2, 0.25) is 0 Å². The Morgan fingerprint density at radius 2 is 1.65 bits per heavy atom. The topological polar surface area (TPSA) is 50.1 Å². The van der Waals surface area contributed by atoms with E-state index in [1.54, 1.807) is 0 Å². The number of aryl methyl sites for hydroxylation is 1. The molecule has 2 aromatic carbocycles. The Kier molecular flexibility index (Phi) is 5.86. The summed E-state index contributed by atoms with van der Waals surface area (Å²) in [6.45, 7) is 7.40. The third-order valence-corrected chi connectivity index (χ3v) is 4.85. The minimum atomic E-state index is 0.0967. The lowest BCUT2D eigenvalue weighted by atomic mass is 10.1. The fraction of sp³-hybridized carbons (Fsp3) is 0.318. The zero-order chi connectivity index (χ0) is 18.5. The first kappa shape index (κ1) is 18.4. The second-order valence-corrected chi connectivity index (χ2v) is 6.73. The second kappa shape index (κ2) is 8.30. The summed E-state index contributed by atoms with van der Waals surface area (Å²) < 4.78 is 2.02. The predicted molar refractivity (Wildman–Crippen MR) is 106 cm³/mol. The molecule has 0 spiro atoms. The third kappa shape index (κ3) is 4.03. The van der Waals surface area contributed by atoms with Crippen LogP contribution in [-0.4, -0.2) is 21.4 Å². The van der Waals surface area contributed by atoms with Crippen molar-refractivity contribution < 1.29 is 5.11 Å². The van der Waals surface area contributed by atoms with Crippen LogP contribution in [0.4, 0.5) is 0 Å². The van der Waals surface area contributed by atoms with Crippen LogP contribution in [0, 0.1) is 13.8 Å². The van der Waals surface area contributed by atoms with Crippen LogP contribution in [0.25, 0.3) is 5.69 Å². The van der Waals surface area contributed by atoms with E-state index < -0.39 is 0 Å². The predicted octanol–water partition coefficient (Wildman–Crippen LogP) is 3.87. The lowest BCUT2D eigenvalue weighted by Crippen LogP contribution is -2.22. The Morgan fingerprint density at radius 3 is 2.31 bits per heavy atom. The van der Waals surface area contributed by atoms with E-state index in [-0.39, 0.29) is 12.6 Å². The van der Waals surface area contributed by atoms with Crippen molar-refractivity contribution in [3.8, 4) is 5.69 Å². The van der Waals surface area contributed by atoms with E-state index in [9.17, 15) is 0 Å². The molecule has 0 bridgehead atoms. The van der Waals surface area contributed by atoms with Gasteiger partial charge < -0.3 is 10.4 Å². The lowest BCUT2D eigenvalue weighted by Gasteiger charge is -2.15. The number of nitrogens with zero attached hydrogens (tertiary/aromatic N) is 2. The number of para-hydroxylation sites is 1. The molecule has 0 aliphatic heterocycles. The van der Waals surface area contributed by atoms with Crippen LogP contribution in [0.3, 0.4) is 0 Å². The Morgan fingerprint density at radius 1 is 1.00 bits per heavy atom. The second-order valence-electron chi connectivity index (χ2n) is 6.73. The first-order valence-electron chi connectivity index (χ1n) is 9.13. The van der Waals surface area contributed by atoms with Gasteiger partial charge >= 0.3 is 0 Å². The minimum absolute atomic E-state index is 0.0967. The van der Waals surface area contributed by atoms with Gasteiger partial charge in [-0.1, -0.05) is 42.5 Å². The molecule has 1 aromatic heterocycles. The molecular formula is C22H27N3O. The third-order valence-electron chi connectivity index (χ3n) is 4.85. The van der Waals surface area contributed by atoms with Gasteiger partial charge in [-0.2, -0.15) is 5.10 Å². The highest BCUT2D eigenvalue weighted by atomic mass is 16.3. The summed E-state index contributed by atoms with van der Waals surface area (Å²) in [7, 11) is 0. The number of aromatic nitrogens is 2. The molecule has 0 saturated heterocycles. The lowest BCUT2D eigenvalue weighted by molar-refractivity contribution is 0.282. The smallest absolute Gasteiger partial charge is 0.0681 e. The van der Waals surface area contributed by atoms with Crippen LogP contribution in [0.5, 0.6) is 0 Å². The van der Waals surface area contributed by atoms with Gasteiger partial charge in [0.25, 0.3) is 0 Å². The SMILES string of the molecule is Cc1nn(-c2ccccc2)c(C)c1C(C)NCCc1ccc(CO)cc1. The van der Waals surface area contributed by atoms with Gasteiger partial charge in [-0.05, 0) is 57.0 Å². The van der Waals surface area contributed by atoms with Crippen molar-refractivity contribution in [2.45, 2.75) is 39.8 Å². The van der Waals surface area contributed by atoms with E-state index in [0.717, 1.165) is 29.9 Å². The van der Waals surface area contributed by atoms with Gasteiger partial charge in [-0.15, -0.1) is 0 Å². The van der Waals surface area contributed by atoms with Crippen LogP contribution in [0.15, 0.2) is 54.6 Å². The van der Waals surface area contributed by atoms with E-state index in [0.29, 0.717) is 0 Å². The summed E-state index contributed by atoms with van der Waals surface area (Å²) in [5.41, 5.74) is 6.84. The minimum Gasteiger partial charge on any atom is -0.392 e. The Hall–Kier alpha value is -2.43. The van der Waals surface area contributed by atoms with Crippen molar-refractivity contribution in [3.63, 3.8) is 0 Å². The van der Waals surface area contributed by atoms with E-state index in [4.69, 9.17) is 10.2 Å². The zero-order valence-corrected chi connectivity index (χ0v) is 15.7. The monoisotopic (exact) mass is 349 g/mol. The summed E-state index contributed by atoms with van der Waals surface area (Å²) in [6.07, 6.45) is 0.959. The highest BCUT2D eigenvalue weighted by Crippen LogP contribution is 2.23. The van der Waals surface area contributed by atoms with Gasteiger partial charge in [-0.25, -0.2) is 4.68 Å². The van der Waals surface area contributed by atoms with Crippen LogP contribution < -0.4 is 5.32 Å². The maximum atomic E-state index is 9.12. The molecule has 0 amide bonds. The molecule has 0 saturated carbocycles. The summed E-state index contributed by atoms with van der Waals surface area (Å²) >= 11 is 0. The summed E-state index contributed by atoms with van der Waals surface area (Å²) in [5, 5.41) is 17.5. The summed E-state index contributed by atoms with van der Waals surface area (Å²) in [4.78, 5) is 0. The van der Waals surface area contributed by atoms with E-state index in [2.05, 4.69) is 50.4 Å². The number of rotatable bonds is 7. The number of hydrogen-bond acceptors (Lipinski definition) is 3. The molecule has 136 valence electrons. The van der Waals surface area contributed by atoms with Gasteiger partial charge in [0, 0.05) is 17.3 Å². The maximum Gasteiger partial charge on any atom is 0.0681 e. The summed E-state index contributed by atoms with van der Waals surface area (Å²) in [6, 6.07) is 18.6. The van der Waals surface area contributed by atoms with Crippen LogP contribution in [-0.2, 0) is 13.0 Å². The number of nitrogens with one attached hydrogen (secondary N) is 1. The normalized spacial score (nSPS) is 12.3. The van der Waals surface area contributed by atoms with Crippen molar-refractivity contribution in [1.29, 1.82) is 0 Å². The largest absolute Gasteiger partial charge is 0.392 e. The number of aliphatic hydroxyl groups excluding tert-OH is 1. The molecule has 4 nitrogen and oxygen atoms in total. The molecule has 1 unspecified atom stereocenters. The van der Waals surface area contributed by atoms with Crippen molar-refractivity contribution in [1.82, 2.24) is 15.1 Å². The van der Waals surface area contributed by atoms with Crippen molar-refractivity contribution in [2.24, 2.45) is 0 Å². The van der Waals surface area contributed by atoms with E-state index >= 15 is 0 Å². The fourth-order valence-corrected chi connectivity index (χ4v) is 3.45. The number of aliphatic hydroxyl groups is 1. The van der Waals surface area contributed by atoms with Gasteiger partial charge in [0.05, 0.1) is 18.0 Å². The molecule has 0 aliphatic carbocycles. The van der Waals surface area contributed by atoms with Crippen LogP contribution in [0.2, 0.25) is 0 Å². The molecule has 0 radical (unpaired) electrons. The molecule has 3 rings (SSSR count). The molecule has 0 fully saturated rings. The van der Waals surface area contributed by atoms with Crippen molar-refractivity contribution in [3.05, 3.63) is 82.7 Å². The zero-order valence-electron chi connectivity index (χ0n) is 15.7. The van der Waals surface area contributed by atoms with Gasteiger partial charge in [0.15, 0.2) is 0 Å². The van der Waals surface area contributed by atoms with Crippen molar-refractivity contribution >= 4 is 0 Å². The first-order chi connectivity index (χ1) is 12.6. The van der Waals surface area contributed by atoms with E-state index in [1.807, 2.05) is 35.0 Å². The molecule has 4 heteroatoms. The highest BCUT2D eigenvalue weighted by Gasteiger charge is 2.17.